The van der Waals surface area contributed by atoms with Gasteiger partial charge in [0.05, 0.1) is 0 Å². The van der Waals surface area contributed by atoms with E-state index in [1.165, 1.54) is 0 Å². The van der Waals surface area contributed by atoms with Crippen LogP contribution in [-0.4, -0.2) is 22.2 Å². The zero-order valence-corrected chi connectivity index (χ0v) is 5.47. The van der Waals surface area contributed by atoms with Crippen molar-refractivity contribution in [3.63, 3.8) is 0 Å². The number of primary amides is 1. The molecule has 5 heteroatoms. The Bertz CT molecular complexity index is 136. The van der Waals surface area contributed by atoms with Gasteiger partial charge < -0.3 is 10.8 Å². The van der Waals surface area contributed by atoms with Crippen LogP contribution in [0.2, 0.25) is 0 Å². The lowest BCUT2D eigenvalue weighted by Crippen LogP contribution is -2.22. The quantitative estimate of drug-likeness (QED) is 0.461. The van der Waals surface area contributed by atoms with Gasteiger partial charge in [-0.1, -0.05) is 0 Å². The summed E-state index contributed by atoms with van der Waals surface area (Å²) in [5.74, 6) is -1.78. The third kappa shape index (κ3) is 3.84. The minimum atomic E-state index is -1.13. The minimum Gasteiger partial charge on any atom is -0.480 e. The van der Waals surface area contributed by atoms with Gasteiger partial charge in [0.25, 0.3) is 0 Å². The van der Waals surface area contributed by atoms with E-state index in [0.717, 1.165) is 0 Å². The van der Waals surface area contributed by atoms with Crippen LogP contribution < -0.4 is 5.73 Å². The fraction of sp³-hybridized carbons (Fsp3) is 0.500. The van der Waals surface area contributed by atoms with Crippen molar-refractivity contribution < 1.29 is 14.7 Å². The summed E-state index contributed by atoms with van der Waals surface area (Å²) in [6.45, 7) is 0. The summed E-state index contributed by atoms with van der Waals surface area (Å²) < 4.78 is 0. The maximum Gasteiger partial charge on any atom is 0.316 e. The van der Waals surface area contributed by atoms with Crippen molar-refractivity contribution in [2.45, 2.75) is 11.7 Å². The van der Waals surface area contributed by atoms with Crippen LogP contribution in [0.4, 0.5) is 0 Å². The molecule has 0 aromatic heterocycles. The van der Waals surface area contributed by atoms with Crippen LogP contribution in [-0.2, 0) is 9.59 Å². The van der Waals surface area contributed by atoms with E-state index in [0.29, 0.717) is 0 Å². The first-order chi connectivity index (χ1) is 4.04. The van der Waals surface area contributed by atoms with E-state index in [-0.39, 0.29) is 6.42 Å². The van der Waals surface area contributed by atoms with Crippen LogP contribution in [0.1, 0.15) is 6.42 Å². The Kier molecular flexibility index (Phi) is 3.08. The molecule has 3 N–H and O–H groups in total. The molecule has 0 aliphatic carbocycles. The minimum absolute atomic E-state index is 0.224. The van der Waals surface area contributed by atoms with E-state index >= 15 is 0 Å². The first-order valence-corrected chi connectivity index (χ1v) is 2.75. The van der Waals surface area contributed by atoms with E-state index in [1.54, 1.807) is 0 Å². The van der Waals surface area contributed by atoms with Crippen LogP contribution in [0.15, 0.2) is 0 Å². The summed E-state index contributed by atoms with van der Waals surface area (Å²) in [6.07, 6.45) is -0.224. The van der Waals surface area contributed by atoms with Gasteiger partial charge in [-0.25, -0.2) is 0 Å². The van der Waals surface area contributed by atoms with Crippen LogP contribution in [0.3, 0.4) is 0 Å². The van der Waals surface area contributed by atoms with E-state index in [1.807, 2.05) is 0 Å². The van der Waals surface area contributed by atoms with Gasteiger partial charge in [-0.2, -0.15) is 12.6 Å². The van der Waals surface area contributed by atoms with Crippen molar-refractivity contribution in [1.82, 2.24) is 0 Å². The van der Waals surface area contributed by atoms with E-state index < -0.39 is 17.1 Å². The number of nitrogens with two attached hydrogens (primary N) is 1. The van der Waals surface area contributed by atoms with Gasteiger partial charge in [-0.05, 0) is 0 Å². The topological polar surface area (TPSA) is 80.4 Å². The van der Waals surface area contributed by atoms with Gasteiger partial charge in [0.2, 0.25) is 5.91 Å². The van der Waals surface area contributed by atoms with Crippen molar-refractivity contribution in [2.75, 3.05) is 0 Å². The highest BCUT2D eigenvalue weighted by Crippen LogP contribution is 1.98. The Labute approximate surface area is 57.4 Å². The number of hydrogen-bond acceptors (Lipinski definition) is 3. The van der Waals surface area contributed by atoms with Gasteiger partial charge in [0.1, 0.15) is 5.25 Å². The molecule has 0 aliphatic heterocycles. The Morgan fingerprint density at radius 1 is 1.67 bits per heavy atom. The third-order valence-electron chi connectivity index (χ3n) is 0.680. The molecule has 0 radical (unpaired) electrons. The zero-order chi connectivity index (χ0) is 7.44. The molecule has 4 nitrogen and oxygen atoms in total. The highest BCUT2D eigenvalue weighted by Gasteiger charge is 2.13. The van der Waals surface area contributed by atoms with Crippen LogP contribution in [0.5, 0.6) is 0 Å². The van der Waals surface area contributed by atoms with E-state index in [9.17, 15) is 9.59 Å². The molecule has 0 bridgehead atoms. The Hall–Kier alpha value is -0.710. The second-order valence-electron chi connectivity index (χ2n) is 1.52. The fourth-order valence-electron chi connectivity index (χ4n) is 0.278. The maximum absolute atomic E-state index is 10.0. The van der Waals surface area contributed by atoms with Gasteiger partial charge in [0, 0.05) is 6.42 Å². The SMILES string of the molecule is NC(=O)C[C@@H](S)C(=O)O. The predicted molar refractivity (Wildman–Crippen MR) is 34.2 cm³/mol. The smallest absolute Gasteiger partial charge is 0.316 e. The first-order valence-electron chi connectivity index (χ1n) is 2.23. The molecule has 0 fully saturated rings. The lowest BCUT2D eigenvalue weighted by atomic mass is 10.3. The Morgan fingerprint density at radius 3 is 2.22 bits per heavy atom. The molecule has 0 saturated heterocycles. The average Bonchev–Trinajstić information content (AvgIpc) is 1.63. The number of hydrogen-bond donors (Lipinski definition) is 3. The molecular formula is C4H7NO3S. The Balaban J connectivity index is 3.63. The lowest BCUT2D eigenvalue weighted by Gasteiger charge is -1.98. The fourth-order valence-corrected chi connectivity index (χ4v) is 0.458. The standard InChI is InChI=1S/C4H7NO3S/c5-3(6)1-2(9)4(7)8/h2,9H,1H2,(H2,5,6)(H,7,8)/t2-/m1/s1. The highest BCUT2D eigenvalue weighted by atomic mass is 32.1. The van der Waals surface area contributed by atoms with Crippen LogP contribution in [0, 0.1) is 0 Å². The highest BCUT2D eigenvalue weighted by molar-refractivity contribution is 7.81. The van der Waals surface area contributed by atoms with Crippen molar-refractivity contribution in [1.29, 1.82) is 0 Å². The van der Waals surface area contributed by atoms with Gasteiger partial charge in [0.15, 0.2) is 0 Å². The predicted octanol–water partition coefficient (Wildman–Crippen LogP) is -0.755. The number of carboxylic acids is 1. The first kappa shape index (κ1) is 8.29. The summed E-state index contributed by atoms with van der Waals surface area (Å²) in [5.41, 5.74) is 4.68. The Morgan fingerprint density at radius 2 is 2.11 bits per heavy atom. The normalized spacial score (nSPS) is 12.6. The molecule has 0 aromatic rings. The maximum atomic E-state index is 10.0. The summed E-state index contributed by atoms with van der Waals surface area (Å²) in [5, 5.41) is 7.18. The second-order valence-corrected chi connectivity index (χ2v) is 2.15. The second kappa shape index (κ2) is 3.34. The largest absolute Gasteiger partial charge is 0.480 e. The molecule has 0 rings (SSSR count). The number of carboxylic acid groups (broad SMARTS) is 1. The third-order valence-corrected chi connectivity index (χ3v) is 1.08. The molecular weight excluding hydrogens is 142 g/mol. The molecule has 0 heterocycles. The molecule has 0 spiro atoms. The number of rotatable bonds is 3. The number of amides is 1. The van der Waals surface area contributed by atoms with Gasteiger partial charge in [-0.15, -0.1) is 0 Å². The number of thiol groups is 1. The molecule has 1 atom stereocenters. The van der Waals surface area contributed by atoms with Crippen molar-refractivity contribution in [3.8, 4) is 0 Å². The van der Waals surface area contributed by atoms with Gasteiger partial charge >= 0.3 is 5.97 Å². The van der Waals surface area contributed by atoms with Crippen LogP contribution >= 0.6 is 12.6 Å². The number of aliphatic carboxylic acids is 1. The summed E-state index contributed by atoms with van der Waals surface area (Å²) in [4.78, 5) is 20.0. The number of carbonyl (C=O) groups is 2. The molecule has 0 unspecified atom stereocenters. The average molecular weight is 149 g/mol. The van der Waals surface area contributed by atoms with E-state index in [2.05, 4.69) is 18.4 Å². The number of carbonyl (C=O) groups excluding carboxylic acids is 1. The summed E-state index contributed by atoms with van der Waals surface area (Å²) >= 11 is 3.56. The van der Waals surface area contributed by atoms with E-state index in [4.69, 9.17) is 5.11 Å². The molecule has 9 heavy (non-hydrogen) atoms. The van der Waals surface area contributed by atoms with Crippen molar-refractivity contribution >= 4 is 24.5 Å². The molecule has 0 aliphatic rings. The van der Waals surface area contributed by atoms with Crippen molar-refractivity contribution in [3.05, 3.63) is 0 Å². The molecule has 0 saturated carbocycles. The van der Waals surface area contributed by atoms with Gasteiger partial charge in [-0.3, -0.25) is 9.59 Å². The molecule has 0 aromatic carbocycles. The summed E-state index contributed by atoms with van der Waals surface area (Å²) in [6, 6.07) is 0. The van der Waals surface area contributed by atoms with Crippen molar-refractivity contribution in [2.24, 2.45) is 5.73 Å². The molecule has 52 valence electrons. The monoisotopic (exact) mass is 149 g/mol. The molecule has 1 amide bonds. The zero-order valence-electron chi connectivity index (χ0n) is 4.57. The lowest BCUT2D eigenvalue weighted by molar-refractivity contribution is -0.137. The van der Waals surface area contributed by atoms with Crippen LogP contribution in [0.25, 0.3) is 0 Å². The summed E-state index contributed by atoms with van der Waals surface area (Å²) in [7, 11) is 0.